The van der Waals surface area contributed by atoms with Crippen molar-refractivity contribution in [3.05, 3.63) is 59.7 Å². The van der Waals surface area contributed by atoms with E-state index >= 15 is 0 Å². The molecular formula is C14H14N2O3S. The monoisotopic (exact) mass is 290 g/mol. The van der Waals surface area contributed by atoms with E-state index < -0.39 is 15.9 Å². The van der Waals surface area contributed by atoms with Gasteiger partial charge in [0.2, 0.25) is 0 Å². The second-order valence-corrected chi connectivity index (χ2v) is 5.94. The average Bonchev–Trinajstić information content (AvgIpc) is 2.38. The molecule has 6 heteroatoms. The number of hydrogen-bond donors (Lipinski definition) is 2. The lowest BCUT2D eigenvalue weighted by atomic mass is 10.2. The maximum atomic E-state index is 12.2. The van der Waals surface area contributed by atoms with Crippen LogP contribution in [0, 0.1) is 6.92 Å². The number of carbonyl (C=O) groups is 1. The number of para-hydroxylation sites is 1. The van der Waals surface area contributed by atoms with Crippen molar-refractivity contribution in [2.24, 2.45) is 0 Å². The summed E-state index contributed by atoms with van der Waals surface area (Å²) in [6.45, 7) is 1.66. The lowest BCUT2D eigenvalue weighted by Crippen LogP contribution is -2.31. The van der Waals surface area contributed by atoms with E-state index in [1.54, 1.807) is 37.3 Å². The summed E-state index contributed by atoms with van der Waals surface area (Å²) in [6, 6.07) is 12.7. The van der Waals surface area contributed by atoms with Crippen LogP contribution in [0.15, 0.2) is 53.4 Å². The second-order valence-electron chi connectivity index (χ2n) is 4.29. The molecule has 0 spiro atoms. The fourth-order valence-corrected chi connectivity index (χ4v) is 3.01. The zero-order chi connectivity index (χ0) is 14.8. The van der Waals surface area contributed by atoms with Gasteiger partial charge in [0.15, 0.2) is 0 Å². The number of carbonyl (C=O) groups excluding carboxylic acids is 1. The van der Waals surface area contributed by atoms with Gasteiger partial charge < -0.3 is 5.73 Å². The molecule has 0 saturated heterocycles. The summed E-state index contributed by atoms with van der Waals surface area (Å²) in [6.07, 6.45) is 0. The lowest BCUT2D eigenvalue weighted by Gasteiger charge is -2.10. The Morgan fingerprint density at radius 2 is 1.65 bits per heavy atom. The van der Waals surface area contributed by atoms with Crippen molar-refractivity contribution in [3.8, 4) is 0 Å². The van der Waals surface area contributed by atoms with Crippen LogP contribution >= 0.6 is 0 Å². The van der Waals surface area contributed by atoms with Gasteiger partial charge in [0.05, 0.1) is 10.5 Å². The molecule has 5 nitrogen and oxygen atoms in total. The van der Waals surface area contributed by atoms with Crippen molar-refractivity contribution >= 4 is 21.6 Å². The third kappa shape index (κ3) is 2.80. The number of anilines is 1. The number of nitrogens with two attached hydrogens (primary N) is 1. The van der Waals surface area contributed by atoms with E-state index in [0.29, 0.717) is 5.56 Å². The molecule has 0 unspecified atom stereocenters. The molecule has 2 aromatic rings. The van der Waals surface area contributed by atoms with E-state index in [1.807, 2.05) is 4.72 Å². The number of nitrogens with one attached hydrogen (secondary N) is 1. The molecule has 0 radical (unpaired) electrons. The van der Waals surface area contributed by atoms with E-state index in [1.165, 1.54) is 18.2 Å². The standard InChI is InChI=1S/C14H14N2O3S/c1-10-6-2-5-9-13(10)20(18,19)16-14(17)11-7-3-4-8-12(11)15/h2-9H,15H2,1H3,(H,16,17). The fourth-order valence-electron chi connectivity index (χ4n) is 1.79. The summed E-state index contributed by atoms with van der Waals surface area (Å²) in [4.78, 5) is 12.1. The number of aryl methyl sites for hydroxylation is 1. The van der Waals surface area contributed by atoms with Gasteiger partial charge >= 0.3 is 0 Å². The van der Waals surface area contributed by atoms with Gasteiger partial charge in [-0.3, -0.25) is 4.79 Å². The summed E-state index contributed by atoms with van der Waals surface area (Å²) < 4.78 is 26.4. The Balaban J connectivity index is 2.33. The van der Waals surface area contributed by atoms with Crippen LogP contribution in [0.3, 0.4) is 0 Å². The second kappa shape index (κ2) is 5.34. The molecule has 20 heavy (non-hydrogen) atoms. The Labute approximate surface area is 117 Å². The largest absolute Gasteiger partial charge is 0.398 e. The van der Waals surface area contributed by atoms with Crippen molar-refractivity contribution in [2.75, 3.05) is 5.73 Å². The van der Waals surface area contributed by atoms with Crippen molar-refractivity contribution in [2.45, 2.75) is 11.8 Å². The Hall–Kier alpha value is -2.34. The van der Waals surface area contributed by atoms with Crippen LogP contribution in [-0.4, -0.2) is 14.3 Å². The maximum absolute atomic E-state index is 12.2. The normalized spacial score (nSPS) is 11.1. The molecule has 0 atom stereocenters. The van der Waals surface area contributed by atoms with Crippen LogP contribution in [0.2, 0.25) is 0 Å². The molecule has 2 rings (SSSR count). The smallest absolute Gasteiger partial charge is 0.267 e. The Kier molecular flexibility index (Phi) is 3.76. The molecule has 0 aliphatic carbocycles. The number of sulfonamides is 1. The Morgan fingerprint density at radius 3 is 2.30 bits per heavy atom. The van der Waals surface area contributed by atoms with Crippen LogP contribution in [0.5, 0.6) is 0 Å². The minimum atomic E-state index is -3.91. The molecular weight excluding hydrogens is 276 g/mol. The molecule has 0 bridgehead atoms. The first-order valence-electron chi connectivity index (χ1n) is 5.89. The molecule has 1 amide bonds. The average molecular weight is 290 g/mol. The highest BCUT2D eigenvalue weighted by Crippen LogP contribution is 2.16. The summed E-state index contributed by atoms with van der Waals surface area (Å²) in [5.41, 5.74) is 6.57. The summed E-state index contributed by atoms with van der Waals surface area (Å²) >= 11 is 0. The minimum Gasteiger partial charge on any atom is -0.398 e. The molecule has 104 valence electrons. The van der Waals surface area contributed by atoms with Gasteiger partial charge in [-0.2, -0.15) is 0 Å². The van der Waals surface area contributed by atoms with Crippen LogP contribution in [0.1, 0.15) is 15.9 Å². The summed E-state index contributed by atoms with van der Waals surface area (Å²) in [7, 11) is -3.91. The summed E-state index contributed by atoms with van der Waals surface area (Å²) in [5.74, 6) is -0.744. The molecule has 0 saturated carbocycles. The molecule has 2 aromatic carbocycles. The van der Waals surface area contributed by atoms with E-state index in [-0.39, 0.29) is 16.1 Å². The van der Waals surface area contributed by atoms with Gasteiger partial charge in [-0.1, -0.05) is 30.3 Å². The van der Waals surface area contributed by atoms with Crippen molar-refractivity contribution in [1.29, 1.82) is 0 Å². The predicted molar refractivity (Wildman–Crippen MR) is 76.7 cm³/mol. The number of nitrogen functional groups attached to an aromatic ring is 1. The van der Waals surface area contributed by atoms with Crippen LogP contribution in [0.4, 0.5) is 5.69 Å². The van der Waals surface area contributed by atoms with Crippen molar-refractivity contribution in [1.82, 2.24) is 4.72 Å². The third-order valence-electron chi connectivity index (χ3n) is 2.82. The topological polar surface area (TPSA) is 89.3 Å². The van der Waals surface area contributed by atoms with E-state index in [9.17, 15) is 13.2 Å². The van der Waals surface area contributed by atoms with Crippen LogP contribution in [-0.2, 0) is 10.0 Å². The SMILES string of the molecule is Cc1ccccc1S(=O)(=O)NC(=O)c1ccccc1N. The quantitative estimate of drug-likeness (QED) is 0.842. The Bertz CT molecular complexity index is 755. The first kappa shape index (κ1) is 14.1. The van der Waals surface area contributed by atoms with Gasteiger partial charge in [-0.25, -0.2) is 13.1 Å². The first-order chi connectivity index (χ1) is 9.42. The lowest BCUT2D eigenvalue weighted by molar-refractivity contribution is 0.0982. The summed E-state index contributed by atoms with van der Waals surface area (Å²) in [5, 5.41) is 0. The van der Waals surface area contributed by atoms with Gasteiger partial charge in [-0.15, -0.1) is 0 Å². The van der Waals surface area contributed by atoms with Gasteiger partial charge in [0, 0.05) is 5.69 Å². The van der Waals surface area contributed by atoms with Gasteiger partial charge in [0.1, 0.15) is 0 Å². The molecule has 0 aliphatic rings. The number of hydrogen-bond acceptors (Lipinski definition) is 4. The fraction of sp³-hybridized carbons (Fsp3) is 0.0714. The molecule has 3 N–H and O–H groups in total. The Morgan fingerprint density at radius 1 is 1.05 bits per heavy atom. The zero-order valence-corrected chi connectivity index (χ0v) is 11.6. The van der Waals surface area contributed by atoms with Crippen molar-refractivity contribution in [3.63, 3.8) is 0 Å². The van der Waals surface area contributed by atoms with E-state index in [0.717, 1.165) is 0 Å². The predicted octanol–water partition coefficient (Wildman–Crippen LogP) is 1.70. The number of amides is 1. The molecule has 0 aromatic heterocycles. The van der Waals surface area contributed by atoms with Crippen LogP contribution < -0.4 is 10.5 Å². The third-order valence-corrected chi connectivity index (χ3v) is 4.31. The first-order valence-corrected chi connectivity index (χ1v) is 7.37. The minimum absolute atomic E-state index is 0.0721. The van der Waals surface area contributed by atoms with Gasteiger partial charge in [-0.05, 0) is 30.7 Å². The molecule has 0 fully saturated rings. The number of benzene rings is 2. The highest BCUT2D eigenvalue weighted by atomic mass is 32.2. The highest BCUT2D eigenvalue weighted by molar-refractivity contribution is 7.90. The van der Waals surface area contributed by atoms with E-state index in [4.69, 9.17) is 5.73 Å². The van der Waals surface area contributed by atoms with Crippen molar-refractivity contribution < 1.29 is 13.2 Å². The maximum Gasteiger partial charge on any atom is 0.267 e. The molecule has 0 aliphatic heterocycles. The molecule has 0 heterocycles. The van der Waals surface area contributed by atoms with E-state index in [2.05, 4.69) is 0 Å². The number of rotatable bonds is 3. The van der Waals surface area contributed by atoms with Crippen LogP contribution in [0.25, 0.3) is 0 Å². The van der Waals surface area contributed by atoms with Gasteiger partial charge in [0.25, 0.3) is 15.9 Å². The zero-order valence-electron chi connectivity index (χ0n) is 10.8. The highest BCUT2D eigenvalue weighted by Gasteiger charge is 2.21.